The van der Waals surface area contributed by atoms with Gasteiger partial charge in [-0.15, -0.1) is 0 Å². The first kappa shape index (κ1) is 15.7. The van der Waals surface area contributed by atoms with E-state index >= 15 is 0 Å². The van der Waals surface area contributed by atoms with Crippen LogP contribution in [-0.2, 0) is 19.7 Å². The summed E-state index contributed by atoms with van der Waals surface area (Å²) in [5, 5.41) is 8.60. The summed E-state index contributed by atoms with van der Waals surface area (Å²) < 4.78 is 31.3. The molecule has 2 N–H and O–H groups in total. The number of hydrogen-bond acceptors (Lipinski definition) is 5. The van der Waals surface area contributed by atoms with Crippen LogP contribution in [-0.4, -0.2) is 48.6 Å². The van der Waals surface area contributed by atoms with Gasteiger partial charge >= 0.3 is 22.3 Å². The fraction of sp³-hybridized carbons (Fsp3) is 0.800. The number of carbonyl (C=O) groups is 2. The summed E-state index contributed by atoms with van der Waals surface area (Å²) in [5.74, 6) is -1.09. The van der Waals surface area contributed by atoms with Crippen LogP contribution in [0.3, 0.4) is 0 Å². The molecule has 1 aliphatic carbocycles. The van der Waals surface area contributed by atoms with Crippen LogP contribution in [0.15, 0.2) is 0 Å². The summed E-state index contributed by atoms with van der Waals surface area (Å²) in [6.45, 7) is 3.02. The molecule has 1 aliphatic rings. The predicted molar refractivity (Wildman–Crippen MR) is 65.7 cm³/mol. The van der Waals surface area contributed by atoms with E-state index in [1.807, 2.05) is 0 Å². The lowest BCUT2D eigenvalue weighted by Gasteiger charge is -2.21. The van der Waals surface area contributed by atoms with Gasteiger partial charge in [-0.05, 0) is 26.7 Å². The molecule has 0 bridgehead atoms. The zero-order chi connectivity index (χ0) is 14.6. The van der Waals surface area contributed by atoms with E-state index in [4.69, 9.17) is 5.11 Å². The van der Waals surface area contributed by atoms with Crippen LogP contribution >= 0.6 is 0 Å². The van der Waals surface area contributed by atoms with Gasteiger partial charge in [-0.1, -0.05) is 0 Å². The van der Waals surface area contributed by atoms with E-state index in [0.717, 1.165) is 4.31 Å². The first-order valence-electron chi connectivity index (χ1n) is 5.94. The molecule has 0 unspecified atom stereocenters. The van der Waals surface area contributed by atoms with Crippen molar-refractivity contribution in [1.29, 1.82) is 0 Å². The Labute approximate surface area is 111 Å². The Morgan fingerprint density at radius 2 is 2.00 bits per heavy atom. The number of aliphatic carboxylic acids is 1. The van der Waals surface area contributed by atoms with E-state index in [9.17, 15) is 18.0 Å². The molecule has 0 aliphatic heterocycles. The average molecular weight is 294 g/mol. The number of nitrogens with one attached hydrogen (secondary N) is 1. The lowest BCUT2D eigenvalue weighted by Crippen LogP contribution is -2.46. The molecule has 0 spiro atoms. The topological polar surface area (TPSA) is 113 Å². The molecule has 9 heteroatoms. The molecule has 0 radical (unpaired) electrons. The Kier molecular flexibility index (Phi) is 5.12. The second kappa shape index (κ2) is 6.20. The lowest BCUT2D eigenvalue weighted by atomic mass is 10.4. The maximum absolute atomic E-state index is 11.9. The Morgan fingerprint density at radius 3 is 2.42 bits per heavy atom. The molecule has 1 rings (SSSR count). The number of hydrogen-bond donors (Lipinski definition) is 2. The van der Waals surface area contributed by atoms with E-state index < -0.39 is 28.4 Å². The minimum absolute atomic E-state index is 0.162. The van der Waals surface area contributed by atoms with Crippen LogP contribution in [0.5, 0.6) is 0 Å². The molecule has 0 aromatic carbocycles. The molecule has 0 aromatic heterocycles. The van der Waals surface area contributed by atoms with Crippen LogP contribution in [0, 0.1) is 0 Å². The lowest BCUT2D eigenvalue weighted by molar-refractivity contribution is -0.137. The normalized spacial score (nSPS) is 15.6. The molecular formula is C10H18N2O6S. The molecule has 1 fully saturated rings. The van der Waals surface area contributed by atoms with Crippen molar-refractivity contribution < 1.29 is 27.9 Å². The average Bonchev–Trinajstić information content (AvgIpc) is 2.98. The molecule has 0 heterocycles. The highest BCUT2D eigenvalue weighted by Gasteiger charge is 2.38. The third-order valence-corrected chi connectivity index (χ3v) is 3.89. The molecule has 1 amide bonds. The molecule has 110 valence electrons. The van der Waals surface area contributed by atoms with E-state index in [1.54, 1.807) is 18.6 Å². The zero-order valence-corrected chi connectivity index (χ0v) is 11.6. The van der Waals surface area contributed by atoms with Crippen molar-refractivity contribution in [3.63, 3.8) is 0 Å². The quantitative estimate of drug-likeness (QED) is 0.698. The summed E-state index contributed by atoms with van der Waals surface area (Å²) >= 11 is 0. The fourth-order valence-corrected chi connectivity index (χ4v) is 2.78. The molecule has 0 aromatic rings. The fourth-order valence-electron chi connectivity index (χ4n) is 1.47. The summed E-state index contributed by atoms with van der Waals surface area (Å²) in [4.78, 5) is 21.8. The second-order valence-electron chi connectivity index (χ2n) is 4.55. The minimum Gasteiger partial charge on any atom is -0.481 e. The number of carbonyl (C=O) groups excluding carboxylic acids is 1. The molecule has 0 saturated heterocycles. The Morgan fingerprint density at radius 1 is 1.42 bits per heavy atom. The first-order chi connectivity index (χ1) is 8.72. The van der Waals surface area contributed by atoms with Gasteiger partial charge in [-0.2, -0.15) is 12.7 Å². The van der Waals surface area contributed by atoms with Crippen LogP contribution in [0.2, 0.25) is 0 Å². The highest BCUT2D eigenvalue weighted by molar-refractivity contribution is 7.87. The van der Waals surface area contributed by atoms with Crippen molar-refractivity contribution in [3.05, 3.63) is 0 Å². The Balaban J connectivity index is 2.65. The third-order valence-electron chi connectivity index (χ3n) is 2.36. The largest absolute Gasteiger partial charge is 0.481 e. The summed E-state index contributed by atoms with van der Waals surface area (Å²) in [7, 11) is -4.05. The van der Waals surface area contributed by atoms with Gasteiger partial charge in [-0.25, -0.2) is 9.52 Å². The first-order valence-corrected chi connectivity index (χ1v) is 7.38. The van der Waals surface area contributed by atoms with Crippen molar-refractivity contribution >= 4 is 22.3 Å². The summed E-state index contributed by atoms with van der Waals surface area (Å²) in [6, 6.07) is -0.233. The highest BCUT2D eigenvalue weighted by atomic mass is 32.2. The Hall–Kier alpha value is -1.35. The second-order valence-corrected chi connectivity index (χ2v) is 6.17. The van der Waals surface area contributed by atoms with Gasteiger partial charge in [0.25, 0.3) is 0 Å². The van der Waals surface area contributed by atoms with Gasteiger partial charge in [0.1, 0.15) is 0 Å². The predicted octanol–water partition coefficient (Wildman–Crippen LogP) is 0.305. The van der Waals surface area contributed by atoms with Gasteiger partial charge < -0.3 is 9.84 Å². The van der Waals surface area contributed by atoms with E-state index in [2.05, 4.69) is 4.74 Å². The number of amides is 1. The van der Waals surface area contributed by atoms with E-state index in [-0.39, 0.29) is 19.0 Å². The van der Waals surface area contributed by atoms with Crippen molar-refractivity contribution in [3.8, 4) is 0 Å². The number of ether oxygens (including phenoxy) is 1. The van der Waals surface area contributed by atoms with Crippen molar-refractivity contribution in [2.75, 3.05) is 6.54 Å². The number of nitrogens with zero attached hydrogens (tertiary/aromatic N) is 1. The van der Waals surface area contributed by atoms with Crippen molar-refractivity contribution in [2.24, 2.45) is 0 Å². The van der Waals surface area contributed by atoms with Gasteiger partial charge in [0, 0.05) is 12.6 Å². The minimum atomic E-state index is -4.05. The number of carboxylic acid groups (broad SMARTS) is 1. The SMILES string of the molecule is CC(C)OC(=O)NS(=O)(=O)N(CCC(=O)O)C1CC1. The standard InChI is InChI=1S/C10H18N2O6S/c1-7(2)18-10(15)11-19(16,17)12(8-3-4-8)6-5-9(13)14/h7-8H,3-6H2,1-2H3,(H,11,15)(H,13,14). The van der Waals surface area contributed by atoms with E-state index in [1.165, 1.54) is 0 Å². The molecule has 19 heavy (non-hydrogen) atoms. The van der Waals surface area contributed by atoms with Crippen LogP contribution in [0.4, 0.5) is 4.79 Å². The molecular weight excluding hydrogens is 276 g/mol. The maximum Gasteiger partial charge on any atom is 0.422 e. The molecule has 0 atom stereocenters. The third kappa shape index (κ3) is 5.43. The van der Waals surface area contributed by atoms with Crippen LogP contribution < -0.4 is 4.72 Å². The summed E-state index contributed by atoms with van der Waals surface area (Å²) in [5.41, 5.74) is 0. The van der Waals surface area contributed by atoms with Crippen LogP contribution in [0.25, 0.3) is 0 Å². The summed E-state index contributed by atoms with van der Waals surface area (Å²) in [6.07, 6.45) is -0.476. The Bertz CT molecular complexity index is 443. The number of carboxylic acids is 1. The van der Waals surface area contributed by atoms with Gasteiger partial charge in [0.2, 0.25) is 0 Å². The highest BCUT2D eigenvalue weighted by Crippen LogP contribution is 2.28. The van der Waals surface area contributed by atoms with Gasteiger partial charge in [0.05, 0.1) is 12.5 Å². The van der Waals surface area contributed by atoms with E-state index in [0.29, 0.717) is 12.8 Å². The van der Waals surface area contributed by atoms with Gasteiger partial charge in [-0.3, -0.25) is 4.79 Å². The molecule has 1 saturated carbocycles. The zero-order valence-electron chi connectivity index (χ0n) is 10.8. The smallest absolute Gasteiger partial charge is 0.422 e. The molecule has 8 nitrogen and oxygen atoms in total. The maximum atomic E-state index is 11.9. The van der Waals surface area contributed by atoms with Crippen molar-refractivity contribution in [2.45, 2.75) is 45.3 Å². The van der Waals surface area contributed by atoms with Crippen LogP contribution in [0.1, 0.15) is 33.1 Å². The van der Waals surface area contributed by atoms with Gasteiger partial charge in [0.15, 0.2) is 0 Å². The van der Waals surface area contributed by atoms with Crippen molar-refractivity contribution in [1.82, 2.24) is 9.03 Å². The number of rotatable bonds is 7. The monoisotopic (exact) mass is 294 g/mol.